The Bertz CT molecular complexity index is 739. The summed E-state index contributed by atoms with van der Waals surface area (Å²) in [6.45, 7) is 9.46. The Morgan fingerprint density at radius 1 is 1.33 bits per heavy atom. The zero-order valence-electron chi connectivity index (χ0n) is 16.9. The third-order valence-corrected chi connectivity index (χ3v) is 5.29. The van der Waals surface area contributed by atoms with E-state index < -0.39 is 0 Å². The highest BCUT2D eigenvalue weighted by Gasteiger charge is 2.24. The van der Waals surface area contributed by atoms with Gasteiger partial charge in [-0.25, -0.2) is 0 Å². The molecule has 7 heteroatoms. The lowest BCUT2D eigenvalue weighted by Crippen LogP contribution is -2.46. The van der Waals surface area contributed by atoms with Gasteiger partial charge < -0.3 is 10.2 Å². The SMILES string of the molecule is CCNC(=NCCCc1nnc2ccccn12)N(C)CC1CCCN1CC. The number of aromatic nitrogens is 3. The van der Waals surface area contributed by atoms with E-state index >= 15 is 0 Å². The molecule has 0 bridgehead atoms. The second-order valence-corrected chi connectivity index (χ2v) is 7.19. The first-order valence-electron chi connectivity index (χ1n) is 10.2. The van der Waals surface area contributed by atoms with Crippen LogP contribution in [0.25, 0.3) is 5.65 Å². The molecule has 7 nitrogen and oxygen atoms in total. The van der Waals surface area contributed by atoms with Crippen LogP contribution in [0, 0.1) is 0 Å². The highest BCUT2D eigenvalue weighted by Crippen LogP contribution is 2.17. The van der Waals surface area contributed by atoms with E-state index in [0.29, 0.717) is 6.04 Å². The van der Waals surface area contributed by atoms with E-state index in [2.05, 4.69) is 50.6 Å². The Hall–Kier alpha value is -2.15. The molecule has 0 aliphatic carbocycles. The minimum Gasteiger partial charge on any atom is -0.357 e. The van der Waals surface area contributed by atoms with Crippen LogP contribution >= 0.6 is 0 Å². The smallest absolute Gasteiger partial charge is 0.193 e. The van der Waals surface area contributed by atoms with Crippen LogP contribution in [-0.2, 0) is 6.42 Å². The number of nitrogens with one attached hydrogen (secondary N) is 1. The summed E-state index contributed by atoms with van der Waals surface area (Å²) in [4.78, 5) is 9.71. The van der Waals surface area contributed by atoms with Gasteiger partial charge in [-0.2, -0.15) is 0 Å². The largest absolute Gasteiger partial charge is 0.357 e. The van der Waals surface area contributed by atoms with Crippen molar-refractivity contribution in [3.05, 3.63) is 30.2 Å². The Morgan fingerprint density at radius 3 is 3.04 bits per heavy atom. The van der Waals surface area contributed by atoms with E-state index in [-0.39, 0.29) is 0 Å². The lowest BCUT2D eigenvalue weighted by molar-refractivity contribution is 0.232. The molecule has 1 saturated heterocycles. The Labute approximate surface area is 162 Å². The Morgan fingerprint density at radius 2 is 2.22 bits per heavy atom. The third-order valence-electron chi connectivity index (χ3n) is 5.29. The zero-order chi connectivity index (χ0) is 19.1. The van der Waals surface area contributed by atoms with Crippen LogP contribution in [0.3, 0.4) is 0 Å². The van der Waals surface area contributed by atoms with Crippen LogP contribution in [0.2, 0.25) is 0 Å². The lowest BCUT2D eigenvalue weighted by Gasteiger charge is -2.29. The number of likely N-dealkylation sites (tertiary alicyclic amines) is 1. The van der Waals surface area contributed by atoms with Crippen molar-refractivity contribution in [3.8, 4) is 0 Å². The quantitative estimate of drug-likeness (QED) is 0.437. The molecule has 1 N–H and O–H groups in total. The van der Waals surface area contributed by atoms with E-state index in [1.807, 2.05) is 24.4 Å². The summed E-state index contributed by atoms with van der Waals surface area (Å²) in [7, 11) is 2.15. The fourth-order valence-corrected chi connectivity index (χ4v) is 3.87. The predicted molar refractivity (Wildman–Crippen MR) is 110 cm³/mol. The molecule has 1 atom stereocenters. The van der Waals surface area contributed by atoms with Gasteiger partial charge in [-0.1, -0.05) is 13.0 Å². The molecule has 3 heterocycles. The van der Waals surface area contributed by atoms with E-state index in [9.17, 15) is 0 Å². The van der Waals surface area contributed by atoms with Gasteiger partial charge in [-0.05, 0) is 51.4 Å². The highest BCUT2D eigenvalue weighted by molar-refractivity contribution is 5.79. The fourth-order valence-electron chi connectivity index (χ4n) is 3.87. The number of fused-ring (bicyclic) bond motifs is 1. The molecule has 3 rings (SSSR count). The number of hydrogen-bond acceptors (Lipinski definition) is 4. The van der Waals surface area contributed by atoms with Gasteiger partial charge in [0.1, 0.15) is 5.82 Å². The van der Waals surface area contributed by atoms with Crippen molar-refractivity contribution in [3.63, 3.8) is 0 Å². The van der Waals surface area contributed by atoms with Crippen molar-refractivity contribution < 1.29 is 0 Å². The number of nitrogens with zero attached hydrogens (tertiary/aromatic N) is 6. The maximum Gasteiger partial charge on any atom is 0.193 e. The number of aryl methyl sites for hydroxylation is 1. The molecule has 1 aliphatic rings. The molecule has 0 radical (unpaired) electrons. The van der Waals surface area contributed by atoms with Gasteiger partial charge >= 0.3 is 0 Å². The average Bonchev–Trinajstić information content (AvgIpc) is 3.30. The molecule has 2 aromatic rings. The zero-order valence-corrected chi connectivity index (χ0v) is 16.9. The van der Waals surface area contributed by atoms with Crippen LogP contribution in [0.5, 0.6) is 0 Å². The second-order valence-electron chi connectivity index (χ2n) is 7.19. The first kappa shape index (κ1) is 19.6. The van der Waals surface area contributed by atoms with Crippen molar-refractivity contribution >= 4 is 11.6 Å². The predicted octanol–water partition coefficient (Wildman–Crippen LogP) is 2.04. The van der Waals surface area contributed by atoms with Gasteiger partial charge in [-0.3, -0.25) is 14.3 Å². The topological polar surface area (TPSA) is 61.1 Å². The molecular formula is C20H33N7. The van der Waals surface area contributed by atoms with Crippen LogP contribution in [0.15, 0.2) is 29.4 Å². The summed E-state index contributed by atoms with van der Waals surface area (Å²) in [5.41, 5.74) is 0.904. The molecule has 27 heavy (non-hydrogen) atoms. The first-order chi connectivity index (χ1) is 13.2. The summed E-state index contributed by atoms with van der Waals surface area (Å²) in [6, 6.07) is 6.63. The van der Waals surface area contributed by atoms with Crippen molar-refractivity contribution in [2.75, 3.05) is 39.8 Å². The summed E-state index contributed by atoms with van der Waals surface area (Å²) in [5, 5.41) is 12.0. The second kappa shape index (κ2) is 9.69. The van der Waals surface area contributed by atoms with Gasteiger partial charge in [0, 0.05) is 45.3 Å². The number of rotatable bonds is 8. The van der Waals surface area contributed by atoms with Crippen LogP contribution in [0.1, 0.15) is 38.9 Å². The molecule has 1 unspecified atom stereocenters. The third kappa shape index (κ3) is 4.97. The van der Waals surface area contributed by atoms with E-state index in [1.54, 1.807) is 0 Å². The van der Waals surface area contributed by atoms with E-state index in [0.717, 1.165) is 56.5 Å². The maximum absolute atomic E-state index is 4.84. The van der Waals surface area contributed by atoms with Crippen molar-refractivity contribution in [2.45, 2.75) is 45.6 Å². The van der Waals surface area contributed by atoms with Crippen molar-refractivity contribution in [1.29, 1.82) is 0 Å². The van der Waals surface area contributed by atoms with E-state index in [1.165, 1.54) is 19.4 Å². The maximum atomic E-state index is 4.84. The fraction of sp³-hybridized carbons (Fsp3) is 0.650. The Balaban J connectivity index is 1.53. The van der Waals surface area contributed by atoms with Gasteiger partial charge in [0.25, 0.3) is 0 Å². The van der Waals surface area contributed by atoms with Gasteiger partial charge in [0.15, 0.2) is 11.6 Å². The Kier molecular flexibility index (Phi) is 7.04. The molecule has 0 amide bonds. The normalized spacial score (nSPS) is 18.3. The number of hydrogen-bond donors (Lipinski definition) is 1. The molecule has 0 aromatic carbocycles. The number of likely N-dealkylation sites (N-methyl/N-ethyl adjacent to an activating group) is 2. The minimum absolute atomic E-state index is 0.645. The summed E-state index contributed by atoms with van der Waals surface area (Å²) in [6.07, 6.45) is 6.46. The summed E-state index contributed by atoms with van der Waals surface area (Å²) in [5.74, 6) is 2.01. The first-order valence-corrected chi connectivity index (χ1v) is 10.2. The highest BCUT2D eigenvalue weighted by atomic mass is 15.3. The summed E-state index contributed by atoms with van der Waals surface area (Å²) >= 11 is 0. The molecule has 1 aliphatic heterocycles. The van der Waals surface area contributed by atoms with Crippen LogP contribution < -0.4 is 5.32 Å². The molecule has 148 valence electrons. The molecule has 0 spiro atoms. The average molecular weight is 372 g/mol. The van der Waals surface area contributed by atoms with Crippen molar-refractivity contribution in [2.24, 2.45) is 4.99 Å². The molecule has 2 aromatic heterocycles. The summed E-state index contributed by atoms with van der Waals surface area (Å²) < 4.78 is 2.06. The van der Waals surface area contributed by atoms with Gasteiger partial charge in [-0.15, -0.1) is 10.2 Å². The monoisotopic (exact) mass is 371 g/mol. The number of aliphatic imine (C=N–C) groups is 1. The minimum atomic E-state index is 0.645. The standard InChI is InChI=1S/C20H33N7/c1-4-21-20(25(3)16-17-10-9-14-26(17)5-2)22-13-8-12-19-24-23-18-11-6-7-15-27(18)19/h6-7,11,15,17H,4-5,8-10,12-14,16H2,1-3H3,(H,21,22). The molecule has 0 saturated carbocycles. The van der Waals surface area contributed by atoms with Gasteiger partial charge in [0.05, 0.1) is 0 Å². The molecule has 1 fully saturated rings. The van der Waals surface area contributed by atoms with E-state index in [4.69, 9.17) is 4.99 Å². The molecular weight excluding hydrogens is 338 g/mol. The lowest BCUT2D eigenvalue weighted by atomic mass is 10.2. The van der Waals surface area contributed by atoms with Crippen LogP contribution in [-0.4, -0.2) is 76.2 Å². The number of pyridine rings is 1. The number of guanidine groups is 1. The van der Waals surface area contributed by atoms with Gasteiger partial charge in [0.2, 0.25) is 0 Å². The van der Waals surface area contributed by atoms with Crippen LogP contribution in [0.4, 0.5) is 0 Å². The van der Waals surface area contributed by atoms with Crippen molar-refractivity contribution in [1.82, 2.24) is 29.7 Å².